The Morgan fingerprint density at radius 2 is 1.63 bits per heavy atom. The molecule has 1 N–H and O–H groups in total. The van der Waals surface area contributed by atoms with E-state index < -0.39 is 0 Å². The summed E-state index contributed by atoms with van der Waals surface area (Å²) in [7, 11) is 3.27. The zero-order valence-corrected chi connectivity index (χ0v) is 16.9. The number of methoxy groups -OCH3 is 2. The molecule has 140 valence electrons. The quantitative estimate of drug-likeness (QED) is 0.574. The minimum absolute atomic E-state index is 0.0779. The molecule has 3 rings (SSSR count). The van der Waals surface area contributed by atoms with Crippen molar-refractivity contribution >= 4 is 34.1 Å². The van der Waals surface area contributed by atoms with Crippen LogP contribution in [-0.4, -0.2) is 30.9 Å². The van der Waals surface area contributed by atoms with Crippen molar-refractivity contribution in [1.82, 2.24) is 4.98 Å². The summed E-state index contributed by atoms with van der Waals surface area (Å²) in [6.45, 7) is 2.00. The predicted molar refractivity (Wildman–Crippen MR) is 111 cm³/mol. The second kappa shape index (κ2) is 8.92. The van der Waals surface area contributed by atoms with E-state index in [1.165, 1.54) is 23.1 Å². The number of aryl methyl sites for hydroxylation is 1. The number of amides is 1. The highest BCUT2D eigenvalue weighted by Gasteiger charge is 2.12. The number of ether oxygens (including phenoxy) is 2. The van der Waals surface area contributed by atoms with Gasteiger partial charge in [0, 0.05) is 15.3 Å². The molecule has 3 aromatic rings. The maximum atomic E-state index is 12.2. The number of anilines is 1. The highest BCUT2D eigenvalue weighted by atomic mass is 32.2. The lowest BCUT2D eigenvalue weighted by atomic mass is 10.1. The summed E-state index contributed by atoms with van der Waals surface area (Å²) in [5.41, 5.74) is 1.87. The van der Waals surface area contributed by atoms with Gasteiger partial charge in [-0.05, 0) is 55.5 Å². The van der Waals surface area contributed by atoms with Crippen LogP contribution in [0.5, 0.6) is 11.5 Å². The second-order valence-electron chi connectivity index (χ2n) is 5.66. The molecule has 0 aliphatic rings. The molecule has 0 bridgehead atoms. The summed E-state index contributed by atoms with van der Waals surface area (Å²) in [6.07, 6.45) is 0. The van der Waals surface area contributed by atoms with E-state index in [1.807, 2.05) is 55.5 Å². The van der Waals surface area contributed by atoms with Gasteiger partial charge in [0.1, 0.15) is 11.5 Å². The molecule has 1 heterocycles. The summed E-state index contributed by atoms with van der Waals surface area (Å²) in [5.74, 6) is 1.85. The standard InChI is InChI=1S/C20H20N2O3S2/c1-13-19(14-4-6-15(24-2)7-5-14)22-20(27-13)21-18(23)12-26-17-10-8-16(25-3)9-11-17/h4-11H,12H2,1-3H3,(H,21,22,23). The van der Waals surface area contributed by atoms with Crippen molar-refractivity contribution in [3.8, 4) is 22.8 Å². The monoisotopic (exact) mass is 400 g/mol. The molecule has 0 spiro atoms. The number of nitrogens with zero attached hydrogens (tertiary/aromatic N) is 1. The maximum absolute atomic E-state index is 12.2. The Kier molecular flexibility index (Phi) is 6.36. The Bertz CT molecular complexity index is 906. The molecule has 0 fully saturated rings. The van der Waals surface area contributed by atoms with Gasteiger partial charge in [-0.1, -0.05) is 0 Å². The lowest BCUT2D eigenvalue weighted by molar-refractivity contribution is -0.113. The average Bonchev–Trinajstić information content (AvgIpc) is 3.06. The van der Waals surface area contributed by atoms with Crippen molar-refractivity contribution in [2.45, 2.75) is 11.8 Å². The number of thiazole rings is 1. The van der Waals surface area contributed by atoms with Gasteiger partial charge in [0.2, 0.25) is 5.91 Å². The number of thioether (sulfide) groups is 1. The van der Waals surface area contributed by atoms with E-state index in [0.29, 0.717) is 10.9 Å². The first-order valence-electron chi connectivity index (χ1n) is 8.27. The number of carbonyl (C=O) groups excluding carboxylic acids is 1. The Balaban J connectivity index is 1.60. The van der Waals surface area contributed by atoms with E-state index in [2.05, 4.69) is 10.3 Å². The molecule has 0 aliphatic heterocycles. The van der Waals surface area contributed by atoms with E-state index in [-0.39, 0.29) is 5.91 Å². The van der Waals surface area contributed by atoms with E-state index in [1.54, 1.807) is 14.2 Å². The van der Waals surface area contributed by atoms with Crippen LogP contribution in [0.1, 0.15) is 4.88 Å². The summed E-state index contributed by atoms with van der Waals surface area (Å²) in [5, 5.41) is 3.50. The first-order valence-corrected chi connectivity index (χ1v) is 10.1. The molecule has 0 radical (unpaired) electrons. The van der Waals surface area contributed by atoms with Gasteiger partial charge < -0.3 is 14.8 Å². The van der Waals surface area contributed by atoms with Crippen LogP contribution in [-0.2, 0) is 4.79 Å². The number of aromatic nitrogens is 1. The van der Waals surface area contributed by atoms with Gasteiger partial charge in [-0.25, -0.2) is 4.98 Å². The number of nitrogens with one attached hydrogen (secondary N) is 1. The van der Waals surface area contributed by atoms with Gasteiger partial charge in [-0.3, -0.25) is 4.79 Å². The summed E-state index contributed by atoms with van der Waals surface area (Å²) >= 11 is 2.95. The fourth-order valence-electron chi connectivity index (χ4n) is 2.44. The van der Waals surface area contributed by atoms with Crippen molar-refractivity contribution in [1.29, 1.82) is 0 Å². The van der Waals surface area contributed by atoms with Crippen molar-refractivity contribution in [3.05, 3.63) is 53.4 Å². The molecule has 0 aliphatic carbocycles. The fourth-order valence-corrected chi connectivity index (χ4v) is 3.99. The third-order valence-electron chi connectivity index (χ3n) is 3.84. The largest absolute Gasteiger partial charge is 0.497 e. The third-order valence-corrected chi connectivity index (χ3v) is 5.73. The lowest BCUT2D eigenvalue weighted by Gasteiger charge is -2.04. The normalized spacial score (nSPS) is 10.5. The van der Waals surface area contributed by atoms with Crippen LogP contribution in [0, 0.1) is 6.92 Å². The summed E-state index contributed by atoms with van der Waals surface area (Å²) in [4.78, 5) is 18.9. The van der Waals surface area contributed by atoms with Gasteiger partial charge in [-0.2, -0.15) is 0 Å². The first kappa shape index (κ1) is 19.3. The molecule has 0 saturated heterocycles. The molecule has 5 nitrogen and oxygen atoms in total. The van der Waals surface area contributed by atoms with Crippen molar-refractivity contribution in [2.24, 2.45) is 0 Å². The van der Waals surface area contributed by atoms with E-state index in [0.717, 1.165) is 32.5 Å². The number of benzene rings is 2. The molecular formula is C20H20N2O3S2. The van der Waals surface area contributed by atoms with E-state index in [9.17, 15) is 4.79 Å². The zero-order valence-electron chi connectivity index (χ0n) is 15.3. The van der Waals surface area contributed by atoms with Gasteiger partial charge in [0.05, 0.1) is 25.7 Å². The summed E-state index contributed by atoms with van der Waals surface area (Å²) < 4.78 is 10.3. The van der Waals surface area contributed by atoms with Crippen LogP contribution < -0.4 is 14.8 Å². The van der Waals surface area contributed by atoms with Gasteiger partial charge in [-0.15, -0.1) is 23.1 Å². The molecule has 0 atom stereocenters. The van der Waals surface area contributed by atoms with Crippen molar-refractivity contribution < 1.29 is 14.3 Å². The fraction of sp³-hybridized carbons (Fsp3) is 0.200. The number of hydrogen-bond donors (Lipinski definition) is 1. The van der Waals surface area contributed by atoms with Crippen LogP contribution in [0.2, 0.25) is 0 Å². The van der Waals surface area contributed by atoms with Crippen LogP contribution in [0.25, 0.3) is 11.3 Å². The molecule has 1 aromatic heterocycles. The highest BCUT2D eigenvalue weighted by molar-refractivity contribution is 8.00. The van der Waals surface area contributed by atoms with Crippen LogP contribution in [0.15, 0.2) is 53.4 Å². The smallest absolute Gasteiger partial charge is 0.236 e. The maximum Gasteiger partial charge on any atom is 0.236 e. The van der Waals surface area contributed by atoms with Gasteiger partial charge >= 0.3 is 0 Å². The van der Waals surface area contributed by atoms with Crippen LogP contribution >= 0.6 is 23.1 Å². The number of carbonyl (C=O) groups is 1. The molecule has 0 saturated carbocycles. The first-order chi connectivity index (χ1) is 13.1. The van der Waals surface area contributed by atoms with E-state index in [4.69, 9.17) is 9.47 Å². The molecule has 0 unspecified atom stereocenters. The molecule has 1 amide bonds. The van der Waals surface area contributed by atoms with Crippen molar-refractivity contribution in [2.75, 3.05) is 25.3 Å². The third kappa shape index (κ3) is 5.02. The second-order valence-corrected chi connectivity index (χ2v) is 7.92. The van der Waals surface area contributed by atoms with E-state index >= 15 is 0 Å². The lowest BCUT2D eigenvalue weighted by Crippen LogP contribution is -2.13. The Morgan fingerprint density at radius 1 is 1.04 bits per heavy atom. The highest BCUT2D eigenvalue weighted by Crippen LogP contribution is 2.31. The minimum atomic E-state index is -0.0779. The Labute approximate surface area is 166 Å². The van der Waals surface area contributed by atoms with Gasteiger partial charge in [0.15, 0.2) is 5.13 Å². The number of rotatable bonds is 7. The average molecular weight is 401 g/mol. The molecule has 27 heavy (non-hydrogen) atoms. The molecular weight excluding hydrogens is 380 g/mol. The molecule has 2 aromatic carbocycles. The topological polar surface area (TPSA) is 60.5 Å². The number of hydrogen-bond acceptors (Lipinski definition) is 6. The molecule has 7 heteroatoms. The Hall–Kier alpha value is -2.51. The van der Waals surface area contributed by atoms with Crippen LogP contribution in [0.3, 0.4) is 0 Å². The Morgan fingerprint density at radius 3 is 2.22 bits per heavy atom. The predicted octanol–water partition coefficient (Wildman–Crippen LogP) is 4.87. The zero-order chi connectivity index (χ0) is 19.2. The minimum Gasteiger partial charge on any atom is -0.497 e. The summed E-state index contributed by atoms with van der Waals surface area (Å²) in [6, 6.07) is 15.4. The van der Waals surface area contributed by atoms with Gasteiger partial charge in [0.25, 0.3) is 0 Å². The SMILES string of the molecule is COc1ccc(SCC(=O)Nc2nc(-c3ccc(OC)cc3)c(C)s2)cc1. The van der Waals surface area contributed by atoms with Crippen LogP contribution in [0.4, 0.5) is 5.13 Å². The van der Waals surface area contributed by atoms with Crippen molar-refractivity contribution in [3.63, 3.8) is 0 Å².